The molecule has 14 heavy (non-hydrogen) atoms. The first kappa shape index (κ1) is 10.9. The van der Waals surface area contributed by atoms with E-state index in [9.17, 15) is 0 Å². The minimum absolute atomic E-state index is 0.620. The number of rotatable bonds is 7. The van der Waals surface area contributed by atoms with E-state index in [0.717, 1.165) is 13.1 Å². The molecule has 0 atom stereocenters. The average Bonchev–Trinajstić information content (AvgIpc) is 2.25. The van der Waals surface area contributed by atoms with E-state index >= 15 is 0 Å². The lowest BCUT2D eigenvalue weighted by atomic mass is 10.3. The number of nitrogens with zero attached hydrogens (tertiary/aromatic N) is 1. The molecule has 0 saturated carbocycles. The maximum atomic E-state index is 5.22. The Morgan fingerprint density at radius 1 is 1.57 bits per heavy atom. The van der Waals surface area contributed by atoms with E-state index in [1.165, 1.54) is 5.56 Å². The molecule has 1 N–H and O–H groups in total. The molecular formula is C11H16N2O. The number of aromatic nitrogens is 1. The zero-order valence-corrected chi connectivity index (χ0v) is 8.28. The molecule has 1 heterocycles. The number of ether oxygens (including phenoxy) is 1. The van der Waals surface area contributed by atoms with Crippen LogP contribution in [0.25, 0.3) is 0 Å². The van der Waals surface area contributed by atoms with Gasteiger partial charge < -0.3 is 10.1 Å². The molecular weight excluding hydrogens is 176 g/mol. The lowest BCUT2D eigenvalue weighted by Crippen LogP contribution is -2.19. The topological polar surface area (TPSA) is 34.1 Å². The fourth-order valence-corrected chi connectivity index (χ4v) is 1.05. The second-order valence-corrected chi connectivity index (χ2v) is 2.90. The van der Waals surface area contributed by atoms with Gasteiger partial charge in [-0.1, -0.05) is 12.1 Å². The van der Waals surface area contributed by atoms with Crippen molar-refractivity contribution in [2.45, 2.75) is 6.54 Å². The van der Waals surface area contributed by atoms with Gasteiger partial charge in [0.2, 0.25) is 0 Å². The molecule has 0 unspecified atom stereocenters. The summed E-state index contributed by atoms with van der Waals surface area (Å²) < 4.78 is 5.22. The summed E-state index contributed by atoms with van der Waals surface area (Å²) in [5.41, 5.74) is 1.19. The summed E-state index contributed by atoms with van der Waals surface area (Å²) in [4.78, 5) is 4.03. The van der Waals surface area contributed by atoms with Crippen LogP contribution < -0.4 is 5.32 Å². The highest BCUT2D eigenvalue weighted by molar-refractivity contribution is 5.07. The standard InChI is InChI=1S/C11H16N2O/c1-2-7-14-8-6-13-10-11-4-3-5-12-9-11/h2-5,9,13H,1,6-8,10H2. The summed E-state index contributed by atoms with van der Waals surface area (Å²) in [5, 5.41) is 3.26. The predicted octanol–water partition coefficient (Wildman–Crippen LogP) is 1.37. The van der Waals surface area contributed by atoms with Gasteiger partial charge in [0.25, 0.3) is 0 Å². The van der Waals surface area contributed by atoms with Crippen molar-refractivity contribution in [1.82, 2.24) is 10.3 Å². The monoisotopic (exact) mass is 192 g/mol. The molecule has 0 aromatic carbocycles. The molecule has 0 bridgehead atoms. The van der Waals surface area contributed by atoms with Crippen LogP contribution in [0.3, 0.4) is 0 Å². The van der Waals surface area contributed by atoms with Crippen LogP contribution in [0.1, 0.15) is 5.56 Å². The van der Waals surface area contributed by atoms with Crippen LogP contribution in [0.2, 0.25) is 0 Å². The molecule has 1 rings (SSSR count). The zero-order chi connectivity index (χ0) is 10.1. The third-order valence-corrected chi connectivity index (χ3v) is 1.71. The van der Waals surface area contributed by atoms with E-state index in [4.69, 9.17) is 4.74 Å². The van der Waals surface area contributed by atoms with Crippen molar-refractivity contribution in [2.24, 2.45) is 0 Å². The molecule has 0 saturated heterocycles. The third kappa shape index (κ3) is 4.74. The fourth-order valence-electron chi connectivity index (χ4n) is 1.05. The van der Waals surface area contributed by atoms with Gasteiger partial charge in [-0.05, 0) is 11.6 Å². The summed E-state index contributed by atoms with van der Waals surface area (Å²) in [5.74, 6) is 0. The Balaban J connectivity index is 2.02. The fraction of sp³-hybridized carbons (Fsp3) is 0.364. The van der Waals surface area contributed by atoms with Gasteiger partial charge in [0.1, 0.15) is 0 Å². The number of nitrogens with one attached hydrogen (secondary N) is 1. The molecule has 0 aliphatic rings. The highest BCUT2D eigenvalue weighted by atomic mass is 16.5. The lowest BCUT2D eigenvalue weighted by Gasteiger charge is -2.04. The summed E-state index contributed by atoms with van der Waals surface area (Å²) in [6, 6.07) is 3.98. The van der Waals surface area contributed by atoms with E-state index < -0.39 is 0 Å². The third-order valence-electron chi connectivity index (χ3n) is 1.71. The molecule has 0 aliphatic carbocycles. The Morgan fingerprint density at radius 2 is 2.50 bits per heavy atom. The maximum absolute atomic E-state index is 5.22. The van der Waals surface area contributed by atoms with Crippen LogP contribution in [0.5, 0.6) is 0 Å². The Kier molecular flexibility index (Phi) is 5.63. The van der Waals surface area contributed by atoms with Crippen LogP contribution in [0, 0.1) is 0 Å². The van der Waals surface area contributed by atoms with Crippen molar-refractivity contribution in [3.63, 3.8) is 0 Å². The molecule has 76 valence electrons. The van der Waals surface area contributed by atoms with Crippen molar-refractivity contribution in [3.8, 4) is 0 Å². The molecule has 1 aromatic heterocycles. The molecule has 0 radical (unpaired) electrons. The minimum Gasteiger partial charge on any atom is -0.376 e. The first-order valence-corrected chi connectivity index (χ1v) is 4.71. The Bertz CT molecular complexity index is 249. The number of pyridine rings is 1. The molecule has 0 aliphatic heterocycles. The Morgan fingerprint density at radius 3 is 3.21 bits per heavy atom. The Labute approximate surface area is 84.8 Å². The normalized spacial score (nSPS) is 10.0. The maximum Gasteiger partial charge on any atom is 0.0645 e. The number of hydrogen-bond acceptors (Lipinski definition) is 3. The minimum atomic E-state index is 0.620. The van der Waals surface area contributed by atoms with Crippen LogP contribution >= 0.6 is 0 Å². The van der Waals surface area contributed by atoms with Crippen molar-refractivity contribution < 1.29 is 4.74 Å². The summed E-state index contributed by atoms with van der Waals surface area (Å²) in [7, 11) is 0. The molecule has 1 aromatic rings. The largest absolute Gasteiger partial charge is 0.376 e. The van der Waals surface area contributed by atoms with Crippen LogP contribution in [-0.2, 0) is 11.3 Å². The van der Waals surface area contributed by atoms with E-state index in [2.05, 4.69) is 16.9 Å². The van der Waals surface area contributed by atoms with Gasteiger partial charge in [-0.25, -0.2) is 0 Å². The molecule has 3 nitrogen and oxygen atoms in total. The van der Waals surface area contributed by atoms with Gasteiger partial charge in [0, 0.05) is 25.5 Å². The highest BCUT2D eigenvalue weighted by Crippen LogP contribution is 1.93. The first-order chi connectivity index (χ1) is 6.93. The van der Waals surface area contributed by atoms with Crippen LogP contribution in [0.15, 0.2) is 37.2 Å². The van der Waals surface area contributed by atoms with Gasteiger partial charge >= 0.3 is 0 Å². The van der Waals surface area contributed by atoms with Crippen molar-refractivity contribution in [2.75, 3.05) is 19.8 Å². The van der Waals surface area contributed by atoms with Crippen LogP contribution in [-0.4, -0.2) is 24.7 Å². The van der Waals surface area contributed by atoms with E-state index in [-0.39, 0.29) is 0 Å². The molecule has 0 amide bonds. The second kappa shape index (κ2) is 7.24. The van der Waals surface area contributed by atoms with Gasteiger partial charge in [0.05, 0.1) is 13.2 Å². The first-order valence-electron chi connectivity index (χ1n) is 4.71. The van der Waals surface area contributed by atoms with Crippen LogP contribution in [0.4, 0.5) is 0 Å². The van der Waals surface area contributed by atoms with Gasteiger partial charge in [0.15, 0.2) is 0 Å². The lowest BCUT2D eigenvalue weighted by molar-refractivity contribution is 0.164. The quantitative estimate of drug-likeness (QED) is 0.523. The van der Waals surface area contributed by atoms with Gasteiger partial charge in [-0.3, -0.25) is 4.98 Å². The Hall–Kier alpha value is -1.19. The van der Waals surface area contributed by atoms with E-state index in [0.29, 0.717) is 13.2 Å². The number of hydrogen-bond donors (Lipinski definition) is 1. The van der Waals surface area contributed by atoms with Crippen molar-refractivity contribution in [1.29, 1.82) is 0 Å². The van der Waals surface area contributed by atoms with Crippen molar-refractivity contribution in [3.05, 3.63) is 42.7 Å². The summed E-state index contributed by atoms with van der Waals surface area (Å²) >= 11 is 0. The smallest absolute Gasteiger partial charge is 0.0645 e. The van der Waals surface area contributed by atoms with E-state index in [1.54, 1.807) is 12.3 Å². The summed E-state index contributed by atoms with van der Waals surface area (Å²) in [6.45, 7) is 6.60. The average molecular weight is 192 g/mol. The zero-order valence-electron chi connectivity index (χ0n) is 8.28. The molecule has 0 spiro atoms. The van der Waals surface area contributed by atoms with E-state index in [1.807, 2.05) is 18.3 Å². The summed E-state index contributed by atoms with van der Waals surface area (Å²) in [6.07, 6.45) is 5.38. The predicted molar refractivity (Wildman–Crippen MR) is 57.0 cm³/mol. The van der Waals surface area contributed by atoms with Crippen molar-refractivity contribution >= 4 is 0 Å². The second-order valence-electron chi connectivity index (χ2n) is 2.90. The SMILES string of the molecule is C=CCOCCNCc1cccnc1. The molecule has 0 fully saturated rings. The molecule has 3 heteroatoms. The highest BCUT2D eigenvalue weighted by Gasteiger charge is 1.90. The van der Waals surface area contributed by atoms with Gasteiger partial charge in [-0.15, -0.1) is 6.58 Å². The van der Waals surface area contributed by atoms with Gasteiger partial charge in [-0.2, -0.15) is 0 Å².